The highest BCUT2D eigenvalue weighted by Gasteiger charge is 2.31. The van der Waals surface area contributed by atoms with Crippen molar-refractivity contribution in [1.82, 2.24) is 0 Å². The van der Waals surface area contributed by atoms with Crippen LogP contribution in [-0.2, 0) is 6.42 Å². The maximum Gasteiger partial charge on any atom is 0.159 e. The Labute approximate surface area is 421 Å². The van der Waals surface area contributed by atoms with Crippen molar-refractivity contribution in [3.05, 3.63) is 199 Å². The highest BCUT2D eigenvalue weighted by atomic mass is 28.3. The maximum absolute atomic E-state index is 7.32. The summed E-state index contributed by atoms with van der Waals surface area (Å²) in [5.41, 5.74) is 13.0. The van der Waals surface area contributed by atoms with E-state index in [2.05, 4.69) is 243 Å². The third-order valence-corrected chi connectivity index (χ3v) is 19.4. The van der Waals surface area contributed by atoms with Crippen molar-refractivity contribution in [2.75, 3.05) is 9.80 Å². The molecule has 0 unspecified atom stereocenters. The van der Waals surface area contributed by atoms with E-state index >= 15 is 0 Å². The van der Waals surface area contributed by atoms with E-state index in [1.807, 2.05) is 0 Å². The molecule has 1 aliphatic carbocycles. The quantitative estimate of drug-likeness (QED) is 0.112. The maximum atomic E-state index is 7.32. The average molecular weight is 963 g/mol. The molecule has 0 fully saturated rings. The molecular formula is C66H54N2O2Si2. The zero-order valence-electron chi connectivity index (χ0n) is 41.6. The van der Waals surface area contributed by atoms with E-state index in [0.717, 1.165) is 74.7 Å². The molecule has 11 aromatic carbocycles. The Bertz CT molecular complexity index is 4360. The molecule has 0 bridgehead atoms. The van der Waals surface area contributed by atoms with Crippen LogP contribution in [0.25, 0.3) is 93.0 Å². The Balaban J connectivity index is 1.02. The first-order chi connectivity index (χ1) is 35.0. The Morgan fingerprint density at radius 1 is 0.375 bits per heavy atom. The Morgan fingerprint density at radius 2 is 0.861 bits per heavy atom. The van der Waals surface area contributed by atoms with Crippen LogP contribution in [0.2, 0.25) is 39.3 Å². The van der Waals surface area contributed by atoms with Crippen LogP contribution in [0.4, 0.5) is 34.1 Å². The zero-order valence-corrected chi connectivity index (χ0v) is 43.6. The van der Waals surface area contributed by atoms with Crippen LogP contribution in [0.15, 0.2) is 197 Å². The normalized spacial score (nSPS) is 13.2. The number of aryl methyl sites for hydroxylation is 1. The van der Waals surface area contributed by atoms with Gasteiger partial charge in [0, 0.05) is 43.7 Å². The number of nitrogens with zero attached hydrogens (tertiary/aromatic N) is 2. The van der Waals surface area contributed by atoms with Crippen LogP contribution in [0.5, 0.6) is 0 Å². The van der Waals surface area contributed by atoms with Crippen LogP contribution in [0, 0.1) is 0 Å². The summed E-state index contributed by atoms with van der Waals surface area (Å²) in [5, 5.41) is 17.2. The third-order valence-electron chi connectivity index (χ3n) is 15.4. The first-order valence-corrected chi connectivity index (χ1v) is 32.5. The average Bonchev–Trinajstić information content (AvgIpc) is 4.00. The Morgan fingerprint density at radius 3 is 1.43 bits per heavy atom. The van der Waals surface area contributed by atoms with E-state index < -0.39 is 16.1 Å². The SMILES string of the molecule is C[Si](C)(C)c1cc2c(c3c1oc1c(N(c4ccccc4)c4ccc5ccc6c(N(c7ccccc7)c7cccc8c7oc7c([Si](C)(C)C)cc9ccccc9c78)ccc7ccc4c5c76)cccc13)C=CCC2. The molecule has 0 radical (unpaired) electrons. The van der Waals surface area contributed by atoms with Gasteiger partial charge >= 0.3 is 0 Å². The molecule has 0 amide bonds. The summed E-state index contributed by atoms with van der Waals surface area (Å²) in [7, 11) is -3.64. The molecule has 0 atom stereocenters. The van der Waals surface area contributed by atoms with Gasteiger partial charge in [-0.2, -0.15) is 0 Å². The van der Waals surface area contributed by atoms with Gasteiger partial charge in [0.1, 0.15) is 11.2 Å². The number of hydrogen-bond acceptors (Lipinski definition) is 4. The molecule has 4 nitrogen and oxygen atoms in total. The molecule has 6 heteroatoms. The number of allylic oxidation sites excluding steroid dienone is 1. The standard InChI is InChI=1S/C66H54N2O2Si2/c1-71(2,3)57-39-43-19-13-15-25-47(43)61-51-27-17-29-55(63(51)69-65(57)61)67(45-21-9-7-10-22-45)53-37-33-41-32-36-50-54(38-34-42-31-35-49(53)59(41)60(42)50)68(46-23-11-8-12-24-46)56-30-18-28-52-62-48-26-16-14-20-44(48)40-58(72(4,5)6)66(62)70-64(52)56/h7-13,15-19,21-40H,14,20H2,1-6H3. The molecule has 2 aromatic heterocycles. The molecule has 0 aliphatic heterocycles. The molecular weight excluding hydrogens is 909 g/mol. The summed E-state index contributed by atoms with van der Waals surface area (Å²) in [5.74, 6) is 0. The predicted molar refractivity (Wildman–Crippen MR) is 315 cm³/mol. The lowest BCUT2D eigenvalue weighted by atomic mass is 9.91. The molecule has 13 aromatic rings. The second-order valence-corrected chi connectivity index (χ2v) is 32.0. The number of anilines is 6. The first kappa shape index (κ1) is 42.9. The second kappa shape index (κ2) is 15.8. The lowest BCUT2D eigenvalue weighted by Crippen LogP contribution is -2.38. The van der Waals surface area contributed by atoms with Crippen molar-refractivity contribution in [3.63, 3.8) is 0 Å². The fraction of sp³-hybridized carbons (Fsp3) is 0.121. The Hall–Kier alpha value is -7.91. The molecule has 0 N–H and O–H groups in total. The van der Waals surface area contributed by atoms with Crippen LogP contribution in [0.3, 0.4) is 0 Å². The molecule has 0 saturated carbocycles. The molecule has 2 heterocycles. The topological polar surface area (TPSA) is 32.8 Å². The van der Waals surface area contributed by atoms with Gasteiger partial charge in [0.25, 0.3) is 0 Å². The van der Waals surface area contributed by atoms with Crippen molar-refractivity contribution in [2.24, 2.45) is 0 Å². The summed E-state index contributed by atoms with van der Waals surface area (Å²) in [6.45, 7) is 14.6. The highest BCUT2D eigenvalue weighted by molar-refractivity contribution is 6.91. The largest absolute Gasteiger partial charge is 0.454 e. The van der Waals surface area contributed by atoms with Gasteiger partial charge in [0.2, 0.25) is 0 Å². The van der Waals surface area contributed by atoms with Gasteiger partial charge in [-0.05, 0) is 115 Å². The van der Waals surface area contributed by atoms with Gasteiger partial charge in [-0.25, -0.2) is 0 Å². The van der Waals surface area contributed by atoms with Crippen LogP contribution >= 0.6 is 0 Å². The number of furan rings is 2. The summed E-state index contributed by atoms with van der Waals surface area (Å²) < 4.78 is 14.6. The van der Waals surface area contributed by atoms with Gasteiger partial charge in [-0.1, -0.05) is 185 Å². The summed E-state index contributed by atoms with van der Waals surface area (Å²) in [6.07, 6.45) is 6.79. The summed E-state index contributed by atoms with van der Waals surface area (Å²) in [4.78, 5) is 4.86. The van der Waals surface area contributed by atoms with Gasteiger partial charge in [-0.3, -0.25) is 0 Å². The molecule has 0 saturated heterocycles. The zero-order chi connectivity index (χ0) is 48.6. The van der Waals surface area contributed by atoms with Gasteiger partial charge in [-0.15, -0.1) is 0 Å². The van der Waals surface area contributed by atoms with E-state index in [1.165, 1.54) is 80.7 Å². The molecule has 14 rings (SSSR count). The van der Waals surface area contributed by atoms with Crippen molar-refractivity contribution in [3.8, 4) is 0 Å². The molecule has 72 heavy (non-hydrogen) atoms. The minimum absolute atomic E-state index is 0.895. The lowest BCUT2D eigenvalue weighted by molar-refractivity contribution is 0.671. The first-order valence-electron chi connectivity index (χ1n) is 25.5. The predicted octanol–water partition coefficient (Wildman–Crippen LogP) is 18.5. The minimum Gasteiger partial charge on any atom is -0.454 e. The number of para-hydroxylation sites is 4. The fourth-order valence-corrected chi connectivity index (χ4v) is 15.0. The van der Waals surface area contributed by atoms with Gasteiger partial charge in [0.15, 0.2) is 11.2 Å². The van der Waals surface area contributed by atoms with E-state index in [0.29, 0.717) is 0 Å². The van der Waals surface area contributed by atoms with Crippen LogP contribution < -0.4 is 20.2 Å². The van der Waals surface area contributed by atoms with E-state index in [1.54, 1.807) is 0 Å². The van der Waals surface area contributed by atoms with Gasteiger partial charge in [0.05, 0.1) is 38.9 Å². The number of benzene rings is 11. The highest BCUT2D eigenvalue weighted by Crippen LogP contribution is 2.51. The summed E-state index contributed by atoms with van der Waals surface area (Å²) >= 11 is 0. The Kier molecular flexibility index (Phi) is 9.42. The van der Waals surface area contributed by atoms with E-state index in [9.17, 15) is 0 Å². The monoisotopic (exact) mass is 962 g/mol. The van der Waals surface area contributed by atoms with Crippen LogP contribution in [-0.4, -0.2) is 16.1 Å². The number of rotatable bonds is 8. The number of hydrogen-bond donors (Lipinski definition) is 0. The molecule has 1 aliphatic rings. The lowest BCUT2D eigenvalue weighted by Gasteiger charge is -2.29. The summed E-state index contributed by atoms with van der Waals surface area (Å²) in [6, 6.07) is 67.3. The van der Waals surface area contributed by atoms with Crippen molar-refractivity contribution >= 4 is 154 Å². The van der Waals surface area contributed by atoms with Crippen molar-refractivity contribution < 1.29 is 8.83 Å². The van der Waals surface area contributed by atoms with E-state index in [-0.39, 0.29) is 0 Å². The second-order valence-electron chi connectivity index (χ2n) is 21.9. The fourth-order valence-electron chi connectivity index (χ4n) is 12.1. The van der Waals surface area contributed by atoms with Crippen LogP contribution in [0.1, 0.15) is 17.5 Å². The molecule has 348 valence electrons. The van der Waals surface area contributed by atoms with E-state index in [4.69, 9.17) is 8.83 Å². The minimum atomic E-state index is -1.83. The molecule has 0 spiro atoms. The van der Waals surface area contributed by atoms with Gasteiger partial charge < -0.3 is 18.6 Å². The number of fused-ring (bicyclic) bond motifs is 10. The third kappa shape index (κ3) is 6.41. The van der Waals surface area contributed by atoms with Crippen molar-refractivity contribution in [1.29, 1.82) is 0 Å². The van der Waals surface area contributed by atoms with Crippen molar-refractivity contribution in [2.45, 2.75) is 52.1 Å². The smallest absolute Gasteiger partial charge is 0.159 e.